The van der Waals surface area contributed by atoms with Crippen molar-refractivity contribution in [2.24, 2.45) is 4.99 Å². The average Bonchev–Trinajstić information content (AvgIpc) is 2.67. The lowest BCUT2D eigenvalue weighted by atomic mass is 9.84. The molecule has 1 spiro atoms. The van der Waals surface area contributed by atoms with Crippen molar-refractivity contribution in [1.29, 1.82) is 0 Å². The van der Waals surface area contributed by atoms with Crippen molar-refractivity contribution >= 4 is 23.2 Å². The SMILES string of the molecule is O=C(O)c1ccc(CN=C2Nc3ccccc3NC23CCNCC3)cc1. The Morgan fingerprint density at radius 1 is 1.04 bits per heavy atom. The van der Waals surface area contributed by atoms with Crippen LogP contribution in [0.1, 0.15) is 28.8 Å². The Morgan fingerprint density at radius 2 is 1.73 bits per heavy atom. The largest absolute Gasteiger partial charge is 0.478 e. The first-order valence-electron chi connectivity index (χ1n) is 8.88. The van der Waals surface area contributed by atoms with E-state index in [0.717, 1.165) is 48.7 Å². The highest BCUT2D eigenvalue weighted by atomic mass is 16.4. The number of piperidine rings is 1. The number of carboxylic acids is 1. The Kier molecular flexibility index (Phi) is 4.34. The zero-order valence-electron chi connectivity index (χ0n) is 14.5. The van der Waals surface area contributed by atoms with Gasteiger partial charge in [-0.1, -0.05) is 24.3 Å². The molecule has 134 valence electrons. The minimum atomic E-state index is -0.911. The molecule has 2 aliphatic heterocycles. The lowest BCUT2D eigenvalue weighted by molar-refractivity contribution is 0.0697. The molecular weight excluding hydrogens is 328 g/mol. The Morgan fingerprint density at radius 3 is 2.42 bits per heavy atom. The topological polar surface area (TPSA) is 85.8 Å². The van der Waals surface area contributed by atoms with Crippen LogP contribution in [0.2, 0.25) is 0 Å². The molecule has 6 heteroatoms. The summed E-state index contributed by atoms with van der Waals surface area (Å²) in [6.45, 7) is 2.41. The van der Waals surface area contributed by atoms with Gasteiger partial charge in [0.1, 0.15) is 5.84 Å². The summed E-state index contributed by atoms with van der Waals surface area (Å²) >= 11 is 0. The van der Waals surface area contributed by atoms with Crippen molar-refractivity contribution < 1.29 is 9.90 Å². The molecule has 4 rings (SSSR count). The Hall–Kier alpha value is -2.86. The lowest BCUT2D eigenvalue weighted by Crippen LogP contribution is -2.57. The van der Waals surface area contributed by atoms with Gasteiger partial charge in [0.15, 0.2) is 0 Å². The second-order valence-corrected chi connectivity index (χ2v) is 6.79. The highest BCUT2D eigenvalue weighted by molar-refractivity contribution is 6.09. The number of nitrogens with one attached hydrogen (secondary N) is 3. The van der Waals surface area contributed by atoms with Crippen LogP contribution >= 0.6 is 0 Å². The van der Waals surface area contributed by atoms with E-state index in [2.05, 4.69) is 22.0 Å². The molecule has 0 amide bonds. The van der Waals surface area contributed by atoms with Gasteiger partial charge >= 0.3 is 5.97 Å². The monoisotopic (exact) mass is 350 g/mol. The van der Waals surface area contributed by atoms with Crippen LogP contribution in [-0.2, 0) is 6.54 Å². The third kappa shape index (κ3) is 3.15. The molecule has 0 unspecified atom stereocenters. The number of amidine groups is 1. The Labute approximate surface area is 152 Å². The van der Waals surface area contributed by atoms with Crippen molar-refractivity contribution in [3.63, 3.8) is 0 Å². The normalized spacial score (nSPS) is 19.5. The summed E-state index contributed by atoms with van der Waals surface area (Å²) in [5.41, 5.74) is 3.26. The van der Waals surface area contributed by atoms with Crippen LogP contribution in [0, 0.1) is 0 Å². The van der Waals surface area contributed by atoms with Crippen molar-refractivity contribution in [3.8, 4) is 0 Å². The quantitative estimate of drug-likeness (QED) is 0.684. The van der Waals surface area contributed by atoms with Crippen LogP contribution < -0.4 is 16.0 Å². The van der Waals surface area contributed by atoms with E-state index < -0.39 is 5.97 Å². The molecule has 4 N–H and O–H groups in total. The maximum atomic E-state index is 11.0. The molecule has 2 aromatic carbocycles. The second kappa shape index (κ2) is 6.80. The first kappa shape index (κ1) is 16.6. The van der Waals surface area contributed by atoms with Gasteiger partial charge in [0.05, 0.1) is 29.0 Å². The van der Waals surface area contributed by atoms with Crippen molar-refractivity contribution in [2.75, 3.05) is 23.7 Å². The summed E-state index contributed by atoms with van der Waals surface area (Å²) < 4.78 is 0. The van der Waals surface area contributed by atoms with E-state index in [0.29, 0.717) is 12.1 Å². The number of para-hydroxylation sites is 2. The summed E-state index contributed by atoms with van der Waals surface area (Å²) in [4.78, 5) is 15.9. The van der Waals surface area contributed by atoms with Gasteiger partial charge in [-0.05, 0) is 55.8 Å². The number of rotatable bonds is 3. The highest BCUT2D eigenvalue weighted by Crippen LogP contribution is 2.35. The number of anilines is 2. The number of hydrogen-bond acceptors (Lipinski definition) is 4. The maximum Gasteiger partial charge on any atom is 0.335 e. The van der Waals surface area contributed by atoms with Crippen molar-refractivity contribution in [1.82, 2.24) is 5.32 Å². The fraction of sp³-hybridized carbons (Fsp3) is 0.300. The predicted molar refractivity (Wildman–Crippen MR) is 103 cm³/mol. The van der Waals surface area contributed by atoms with Gasteiger partial charge in [-0.3, -0.25) is 4.99 Å². The number of hydrogen-bond donors (Lipinski definition) is 4. The highest BCUT2D eigenvalue weighted by Gasteiger charge is 2.40. The molecule has 1 saturated heterocycles. The van der Waals surface area contributed by atoms with E-state index >= 15 is 0 Å². The van der Waals surface area contributed by atoms with Crippen LogP contribution in [0.25, 0.3) is 0 Å². The molecule has 0 bridgehead atoms. The molecule has 26 heavy (non-hydrogen) atoms. The Balaban J connectivity index is 1.61. The van der Waals surface area contributed by atoms with Gasteiger partial charge in [0.25, 0.3) is 0 Å². The number of carboxylic acid groups (broad SMARTS) is 1. The molecule has 2 aliphatic rings. The van der Waals surface area contributed by atoms with Gasteiger partial charge in [-0.2, -0.15) is 0 Å². The second-order valence-electron chi connectivity index (χ2n) is 6.79. The first-order valence-corrected chi connectivity index (χ1v) is 8.88. The first-order chi connectivity index (χ1) is 12.7. The van der Waals surface area contributed by atoms with Gasteiger partial charge in [0, 0.05) is 0 Å². The smallest absolute Gasteiger partial charge is 0.335 e. The molecule has 6 nitrogen and oxygen atoms in total. The van der Waals surface area contributed by atoms with E-state index in [1.165, 1.54) is 0 Å². The maximum absolute atomic E-state index is 11.0. The van der Waals surface area contributed by atoms with Crippen LogP contribution in [0.3, 0.4) is 0 Å². The summed E-state index contributed by atoms with van der Waals surface area (Å²) in [6, 6.07) is 15.1. The third-order valence-electron chi connectivity index (χ3n) is 5.09. The van der Waals surface area contributed by atoms with Gasteiger partial charge in [-0.15, -0.1) is 0 Å². The number of aromatic carboxylic acids is 1. The lowest BCUT2D eigenvalue weighted by Gasteiger charge is -2.44. The third-order valence-corrected chi connectivity index (χ3v) is 5.09. The summed E-state index contributed by atoms with van der Waals surface area (Å²) in [5.74, 6) is 0.0475. The van der Waals surface area contributed by atoms with Crippen LogP contribution in [0.15, 0.2) is 53.5 Å². The summed E-state index contributed by atoms with van der Waals surface area (Å²) in [7, 11) is 0. The van der Waals surface area contributed by atoms with Crippen LogP contribution in [0.5, 0.6) is 0 Å². The molecule has 0 aromatic heterocycles. The van der Waals surface area contributed by atoms with E-state index in [1.54, 1.807) is 12.1 Å². The molecule has 0 radical (unpaired) electrons. The molecule has 0 atom stereocenters. The number of nitrogens with zero attached hydrogens (tertiary/aromatic N) is 1. The molecule has 0 aliphatic carbocycles. The number of benzene rings is 2. The van der Waals surface area contributed by atoms with Crippen molar-refractivity contribution in [2.45, 2.75) is 24.9 Å². The summed E-state index contributed by atoms with van der Waals surface area (Å²) in [5, 5.41) is 19.7. The van der Waals surface area contributed by atoms with Gasteiger partial charge in [-0.25, -0.2) is 4.79 Å². The average molecular weight is 350 g/mol. The van der Waals surface area contributed by atoms with Crippen molar-refractivity contribution in [3.05, 3.63) is 59.7 Å². The molecule has 0 saturated carbocycles. The number of carbonyl (C=O) groups is 1. The fourth-order valence-corrected chi connectivity index (χ4v) is 3.59. The van der Waals surface area contributed by atoms with E-state index in [9.17, 15) is 4.79 Å². The zero-order valence-corrected chi connectivity index (χ0v) is 14.5. The number of aliphatic imine (C=N–C) groups is 1. The molecule has 2 heterocycles. The van der Waals surface area contributed by atoms with Gasteiger partial charge < -0.3 is 21.1 Å². The van der Waals surface area contributed by atoms with Crippen LogP contribution in [0.4, 0.5) is 11.4 Å². The fourth-order valence-electron chi connectivity index (χ4n) is 3.59. The summed E-state index contributed by atoms with van der Waals surface area (Å²) in [6.07, 6.45) is 1.93. The zero-order chi connectivity index (χ0) is 18.0. The predicted octanol–water partition coefficient (Wildman–Crippen LogP) is 2.94. The Bertz CT molecular complexity index is 839. The standard InChI is InChI=1S/C20H22N4O2/c25-18(26)15-7-5-14(6-8-15)13-22-19-20(9-11-21-12-10-20)24-17-4-2-1-3-16(17)23-19/h1-8,21,24H,9-13H2,(H,22,23)(H,25,26). The molecule has 2 aromatic rings. The number of fused-ring (bicyclic) bond motifs is 1. The van der Waals surface area contributed by atoms with E-state index in [-0.39, 0.29) is 5.54 Å². The van der Waals surface area contributed by atoms with E-state index in [1.807, 2.05) is 30.3 Å². The van der Waals surface area contributed by atoms with Crippen LogP contribution in [-0.4, -0.2) is 35.5 Å². The molecule has 1 fully saturated rings. The van der Waals surface area contributed by atoms with Gasteiger partial charge in [0.2, 0.25) is 0 Å². The minimum Gasteiger partial charge on any atom is -0.478 e. The van der Waals surface area contributed by atoms with E-state index in [4.69, 9.17) is 10.1 Å². The minimum absolute atomic E-state index is 0.180. The molecular formula is C20H22N4O2.